The van der Waals surface area contributed by atoms with Crippen LogP contribution in [-0.2, 0) is 9.53 Å². The maximum absolute atomic E-state index is 11.5. The van der Waals surface area contributed by atoms with Crippen LogP contribution >= 0.6 is 11.8 Å². The van der Waals surface area contributed by atoms with E-state index in [2.05, 4.69) is 31.3 Å². The molecule has 3 atom stereocenters. The molecule has 2 aliphatic heterocycles. The van der Waals surface area contributed by atoms with Gasteiger partial charge in [-0.2, -0.15) is 0 Å². The van der Waals surface area contributed by atoms with Crippen molar-refractivity contribution in [2.45, 2.75) is 102 Å². The van der Waals surface area contributed by atoms with Crippen LogP contribution in [0.25, 0.3) is 0 Å². The summed E-state index contributed by atoms with van der Waals surface area (Å²) in [6.45, 7) is 5.55. The second kappa shape index (κ2) is 11.9. The molecule has 0 bridgehead atoms. The number of allylic oxidation sites excluding steroid dienone is 2. The van der Waals surface area contributed by atoms with Crippen LogP contribution in [0, 0.1) is 5.92 Å². The van der Waals surface area contributed by atoms with Crippen LogP contribution in [0.2, 0.25) is 0 Å². The first-order valence-corrected chi connectivity index (χ1v) is 11.8. The van der Waals surface area contributed by atoms with Gasteiger partial charge in [0.15, 0.2) is 0 Å². The Balaban J connectivity index is 1.43. The molecule has 2 aliphatic rings. The highest BCUT2D eigenvalue weighted by Crippen LogP contribution is 2.43. The molecule has 2 rings (SSSR count). The summed E-state index contributed by atoms with van der Waals surface area (Å²) in [5.41, 5.74) is 0.230. The molecule has 0 aromatic carbocycles. The lowest BCUT2D eigenvalue weighted by Crippen LogP contribution is -2.23. The van der Waals surface area contributed by atoms with Gasteiger partial charge in [0, 0.05) is 0 Å². The Morgan fingerprint density at radius 2 is 1.85 bits per heavy atom. The lowest BCUT2D eigenvalue weighted by molar-refractivity contribution is -0.119. The van der Waals surface area contributed by atoms with Crippen molar-refractivity contribution in [3.8, 4) is 0 Å². The Morgan fingerprint density at radius 3 is 2.41 bits per heavy atom. The maximum atomic E-state index is 11.5. The van der Waals surface area contributed by atoms with Crippen molar-refractivity contribution in [2.24, 2.45) is 5.92 Å². The first kappa shape index (κ1) is 22.5. The van der Waals surface area contributed by atoms with E-state index in [0.717, 1.165) is 56.4 Å². The third-order valence-corrected chi connectivity index (χ3v) is 6.93. The summed E-state index contributed by atoms with van der Waals surface area (Å²) in [4.78, 5) is 22.6. The van der Waals surface area contributed by atoms with Crippen LogP contribution in [0.4, 0.5) is 4.79 Å². The molecule has 2 heterocycles. The van der Waals surface area contributed by atoms with Crippen LogP contribution < -0.4 is 5.32 Å². The number of unbranched alkanes of at least 4 members (excludes halogenated alkanes) is 5. The summed E-state index contributed by atoms with van der Waals surface area (Å²) in [5.74, 6) is 0.646. The fourth-order valence-corrected chi connectivity index (χ4v) is 5.01. The predicted molar refractivity (Wildman–Crippen MR) is 113 cm³/mol. The number of hydrogen-bond donors (Lipinski definition) is 1. The smallest absolute Gasteiger partial charge is 0.286 e. The molecular weight excluding hydrogens is 358 g/mol. The summed E-state index contributed by atoms with van der Waals surface area (Å²) < 4.78 is 5.87. The van der Waals surface area contributed by atoms with Crippen molar-refractivity contribution in [1.29, 1.82) is 0 Å². The minimum absolute atomic E-state index is 0.108. The molecule has 154 valence electrons. The molecule has 0 saturated carbocycles. The van der Waals surface area contributed by atoms with E-state index in [9.17, 15) is 9.59 Å². The van der Waals surface area contributed by atoms with Gasteiger partial charge in [-0.05, 0) is 50.9 Å². The average molecular weight is 396 g/mol. The van der Waals surface area contributed by atoms with Gasteiger partial charge in [0.2, 0.25) is 5.91 Å². The Kier molecular flexibility index (Phi) is 9.91. The number of imide groups is 1. The van der Waals surface area contributed by atoms with E-state index in [4.69, 9.17) is 4.74 Å². The van der Waals surface area contributed by atoms with Gasteiger partial charge in [-0.1, -0.05) is 69.9 Å². The highest BCUT2D eigenvalue weighted by Gasteiger charge is 2.49. The lowest BCUT2D eigenvalue weighted by Gasteiger charge is -2.22. The second-order valence-electron chi connectivity index (χ2n) is 7.99. The number of carbonyl (C=O) groups is 2. The maximum Gasteiger partial charge on any atom is 0.286 e. The van der Waals surface area contributed by atoms with Gasteiger partial charge in [-0.3, -0.25) is 14.9 Å². The van der Waals surface area contributed by atoms with Crippen molar-refractivity contribution in [3.63, 3.8) is 0 Å². The first-order chi connectivity index (χ1) is 13.1. The van der Waals surface area contributed by atoms with Gasteiger partial charge in [0.05, 0.1) is 17.5 Å². The molecule has 4 nitrogen and oxygen atoms in total. The standard InChI is InChI=1S/C22H37NO3S/c1-3-14-18(4-2)22(17-26-22)16-13-11-9-7-5-6-8-10-12-15-19-20(24)23-21(25)27-19/h5,7,18-19H,3-4,6,8-17H2,1-2H3,(H,23,24,25). The van der Waals surface area contributed by atoms with E-state index in [1.54, 1.807) is 0 Å². The average Bonchev–Trinajstić information content (AvgIpc) is 3.36. The minimum Gasteiger partial charge on any atom is -0.369 e. The summed E-state index contributed by atoms with van der Waals surface area (Å²) in [7, 11) is 0. The predicted octanol–water partition coefficient (Wildman–Crippen LogP) is 6.00. The summed E-state index contributed by atoms with van der Waals surface area (Å²) in [6.07, 6.45) is 18.6. The molecular formula is C22H37NO3S. The van der Waals surface area contributed by atoms with E-state index in [0.29, 0.717) is 0 Å². The molecule has 5 heteroatoms. The Morgan fingerprint density at radius 1 is 1.15 bits per heavy atom. The van der Waals surface area contributed by atoms with Gasteiger partial charge in [0.25, 0.3) is 5.24 Å². The molecule has 0 radical (unpaired) electrons. The number of ether oxygens (including phenoxy) is 1. The molecule has 0 aliphatic carbocycles. The van der Waals surface area contributed by atoms with Gasteiger partial charge in [-0.25, -0.2) is 0 Å². The number of hydrogen-bond acceptors (Lipinski definition) is 4. The number of nitrogens with one attached hydrogen (secondary N) is 1. The van der Waals surface area contributed by atoms with Crippen LogP contribution in [0.5, 0.6) is 0 Å². The van der Waals surface area contributed by atoms with Crippen LogP contribution in [0.3, 0.4) is 0 Å². The molecule has 0 aromatic rings. The van der Waals surface area contributed by atoms with Crippen molar-refractivity contribution in [2.75, 3.05) is 6.61 Å². The van der Waals surface area contributed by atoms with Crippen molar-refractivity contribution < 1.29 is 14.3 Å². The van der Waals surface area contributed by atoms with Gasteiger partial charge >= 0.3 is 0 Å². The monoisotopic (exact) mass is 395 g/mol. The Hall–Kier alpha value is -0.810. The van der Waals surface area contributed by atoms with Gasteiger partial charge in [-0.15, -0.1) is 0 Å². The van der Waals surface area contributed by atoms with Gasteiger partial charge in [0.1, 0.15) is 0 Å². The fourth-order valence-electron chi connectivity index (χ4n) is 4.14. The number of thioether (sulfide) groups is 1. The lowest BCUT2D eigenvalue weighted by atomic mass is 9.83. The zero-order valence-electron chi connectivity index (χ0n) is 17.1. The summed E-state index contributed by atoms with van der Waals surface area (Å²) in [6, 6.07) is 0. The van der Waals surface area contributed by atoms with E-state index < -0.39 is 0 Å². The third kappa shape index (κ3) is 7.61. The Labute approximate surface area is 169 Å². The summed E-state index contributed by atoms with van der Waals surface area (Å²) >= 11 is 1.14. The van der Waals surface area contributed by atoms with Gasteiger partial charge < -0.3 is 4.74 Å². The SMILES string of the molecule is CCCC(CC)C1(CCCCC=CCCCCCC2SC(=O)NC2=O)CO1. The van der Waals surface area contributed by atoms with E-state index in [-0.39, 0.29) is 22.0 Å². The second-order valence-corrected chi connectivity index (χ2v) is 9.16. The number of epoxide rings is 1. The van der Waals surface area contributed by atoms with Crippen molar-refractivity contribution in [3.05, 3.63) is 12.2 Å². The molecule has 1 N–H and O–H groups in total. The largest absolute Gasteiger partial charge is 0.369 e. The van der Waals surface area contributed by atoms with E-state index in [1.807, 2.05) is 0 Å². The van der Waals surface area contributed by atoms with Crippen LogP contribution in [-0.4, -0.2) is 28.6 Å². The fraction of sp³-hybridized carbons (Fsp3) is 0.818. The Bertz CT molecular complexity index is 502. The molecule has 0 spiro atoms. The number of carbonyl (C=O) groups excluding carboxylic acids is 2. The molecule has 0 aromatic heterocycles. The molecule has 27 heavy (non-hydrogen) atoms. The minimum atomic E-state index is -0.192. The van der Waals surface area contributed by atoms with Crippen molar-refractivity contribution >= 4 is 22.9 Å². The molecule has 3 unspecified atom stereocenters. The number of rotatable bonds is 15. The normalized spacial score (nSPS) is 25.9. The van der Waals surface area contributed by atoms with Crippen molar-refractivity contribution in [1.82, 2.24) is 5.32 Å². The molecule has 2 amide bonds. The highest BCUT2D eigenvalue weighted by molar-refractivity contribution is 8.15. The van der Waals surface area contributed by atoms with Crippen LogP contribution in [0.15, 0.2) is 12.2 Å². The third-order valence-electron chi connectivity index (χ3n) is 5.88. The topological polar surface area (TPSA) is 58.7 Å². The first-order valence-electron chi connectivity index (χ1n) is 10.9. The zero-order chi connectivity index (χ0) is 19.5. The van der Waals surface area contributed by atoms with E-state index in [1.165, 1.54) is 44.9 Å². The highest BCUT2D eigenvalue weighted by atomic mass is 32.2. The van der Waals surface area contributed by atoms with Crippen LogP contribution in [0.1, 0.15) is 90.9 Å². The molecule has 2 saturated heterocycles. The van der Waals surface area contributed by atoms with E-state index >= 15 is 0 Å². The quantitative estimate of drug-likeness (QED) is 0.210. The molecule has 2 fully saturated rings. The summed E-state index contributed by atoms with van der Waals surface area (Å²) in [5, 5.41) is 2.00. The zero-order valence-corrected chi connectivity index (χ0v) is 18.0. The number of amides is 2.